The van der Waals surface area contributed by atoms with Gasteiger partial charge < -0.3 is 0 Å². The Labute approximate surface area is 119 Å². The predicted octanol–water partition coefficient (Wildman–Crippen LogP) is 2.94. The molecule has 0 spiro atoms. The molecular formula is C16H16O3S. The maximum atomic E-state index is 12.4. The van der Waals surface area contributed by atoms with E-state index in [0.29, 0.717) is 11.1 Å². The number of hydrogen-bond acceptors (Lipinski definition) is 3. The summed E-state index contributed by atoms with van der Waals surface area (Å²) in [5.74, 6) is -0.0914. The van der Waals surface area contributed by atoms with Gasteiger partial charge in [0.15, 0.2) is 15.6 Å². The fourth-order valence-electron chi connectivity index (χ4n) is 2.01. The van der Waals surface area contributed by atoms with Crippen molar-refractivity contribution < 1.29 is 13.2 Å². The maximum absolute atomic E-state index is 12.4. The normalized spacial score (nSPS) is 11.3. The van der Waals surface area contributed by atoms with Crippen LogP contribution in [0.4, 0.5) is 0 Å². The van der Waals surface area contributed by atoms with E-state index < -0.39 is 9.84 Å². The molecule has 0 aliphatic rings. The van der Waals surface area contributed by atoms with Crippen LogP contribution in [0.25, 0.3) is 0 Å². The van der Waals surface area contributed by atoms with Crippen LogP contribution in [-0.2, 0) is 9.84 Å². The largest absolute Gasteiger partial charge is 0.289 e. The molecule has 0 aliphatic carbocycles. The molecule has 0 unspecified atom stereocenters. The van der Waals surface area contributed by atoms with Gasteiger partial charge in [-0.15, -0.1) is 0 Å². The molecule has 4 heteroatoms. The first-order chi connectivity index (χ1) is 9.30. The highest BCUT2D eigenvalue weighted by Gasteiger charge is 2.14. The predicted molar refractivity (Wildman–Crippen MR) is 78.9 cm³/mol. The average Bonchev–Trinajstić information content (AvgIpc) is 2.40. The molecule has 0 heterocycles. The van der Waals surface area contributed by atoms with Crippen molar-refractivity contribution in [1.82, 2.24) is 0 Å². The Morgan fingerprint density at radius 2 is 1.55 bits per heavy atom. The molecule has 0 aromatic heterocycles. The zero-order chi connectivity index (χ0) is 14.9. The topological polar surface area (TPSA) is 51.2 Å². The number of carbonyl (C=O) groups excluding carboxylic acids is 1. The molecule has 20 heavy (non-hydrogen) atoms. The lowest BCUT2D eigenvalue weighted by molar-refractivity contribution is 0.103. The fraction of sp³-hybridized carbons (Fsp3) is 0.188. The van der Waals surface area contributed by atoms with Gasteiger partial charge in [-0.05, 0) is 49.2 Å². The van der Waals surface area contributed by atoms with Gasteiger partial charge in [-0.3, -0.25) is 4.79 Å². The summed E-state index contributed by atoms with van der Waals surface area (Å²) < 4.78 is 22.8. The minimum Gasteiger partial charge on any atom is -0.289 e. The van der Waals surface area contributed by atoms with Gasteiger partial charge in [-0.25, -0.2) is 8.42 Å². The van der Waals surface area contributed by atoms with Crippen LogP contribution in [0.5, 0.6) is 0 Å². The molecule has 0 atom stereocenters. The molecule has 0 amide bonds. The summed E-state index contributed by atoms with van der Waals surface area (Å²) in [4.78, 5) is 12.6. The van der Waals surface area contributed by atoms with Gasteiger partial charge in [0.2, 0.25) is 0 Å². The van der Waals surface area contributed by atoms with E-state index in [1.54, 1.807) is 18.2 Å². The zero-order valence-electron chi connectivity index (χ0n) is 11.7. The highest BCUT2D eigenvalue weighted by atomic mass is 32.2. The van der Waals surface area contributed by atoms with Gasteiger partial charge in [0.05, 0.1) is 4.90 Å². The van der Waals surface area contributed by atoms with Crippen LogP contribution >= 0.6 is 0 Å². The quantitative estimate of drug-likeness (QED) is 0.816. The van der Waals surface area contributed by atoms with Crippen LogP contribution in [-0.4, -0.2) is 20.5 Å². The molecule has 0 saturated carbocycles. The summed E-state index contributed by atoms with van der Waals surface area (Å²) in [5, 5.41) is 0. The second-order valence-electron chi connectivity index (χ2n) is 4.87. The third-order valence-electron chi connectivity index (χ3n) is 3.39. The number of carbonyl (C=O) groups is 1. The van der Waals surface area contributed by atoms with Gasteiger partial charge in [-0.2, -0.15) is 0 Å². The highest BCUT2D eigenvalue weighted by molar-refractivity contribution is 7.90. The SMILES string of the molecule is Cc1cccc(C(=O)c2ccc(S(C)(=O)=O)cc2)c1C. The minimum absolute atomic E-state index is 0.0914. The zero-order valence-corrected chi connectivity index (χ0v) is 12.5. The average molecular weight is 288 g/mol. The third kappa shape index (κ3) is 2.80. The number of rotatable bonds is 3. The van der Waals surface area contributed by atoms with Gasteiger partial charge >= 0.3 is 0 Å². The van der Waals surface area contributed by atoms with Crippen molar-refractivity contribution >= 4 is 15.6 Å². The van der Waals surface area contributed by atoms with E-state index in [9.17, 15) is 13.2 Å². The van der Waals surface area contributed by atoms with Gasteiger partial charge in [0.1, 0.15) is 0 Å². The van der Waals surface area contributed by atoms with E-state index in [-0.39, 0.29) is 10.7 Å². The minimum atomic E-state index is -3.24. The molecule has 104 valence electrons. The molecule has 2 rings (SSSR count). The molecule has 3 nitrogen and oxygen atoms in total. The first-order valence-corrected chi connectivity index (χ1v) is 8.11. The van der Waals surface area contributed by atoms with E-state index in [1.165, 1.54) is 12.1 Å². The lowest BCUT2D eigenvalue weighted by Gasteiger charge is -2.08. The summed E-state index contributed by atoms with van der Waals surface area (Å²) in [7, 11) is -3.24. The molecule has 0 bridgehead atoms. The monoisotopic (exact) mass is 288 g/mol. The Kier molecular flexibility index (Phi) is 3.77. The molecule has 2 aromatic carbocycles. The van der Waals surface area contributed by atoms with Gasteiger partial charge in [0.25, 0.3) is 0 Å². The smallest absolute Gasteiger partial charge is 0.193 e. The summed E-state index contributed by atoms with van der Waals surface area (Å²) in [6.45, 7) is 3.87. The van der Waals surface area contributed by atoms with Crippen LogP contribution in [0.1, 0.15) is 27.0 Å². The van der Waals surface area contributed by atoms with Crippen LogP contribution in [0.15, 0.2) is 47.4 Å². The van der Waals surface area contributed by atoms with Gasteiger partial charge in [-0.1, -0.05) is 18.2 Å². The van der Waals surface area contributed by atoms with Crippen LogP contribution in [0, 0.1) is 13.8 Å². The Morgan fingerprint density at radius 3 is 2.10 bits per heavy atom. The van der Waals surface area contributed by atoms with Crippen molar-refractivity contribution in [2.24, 2.45) is 0 Å². The Hall–Kier alpha value is -1.94. The molecule has 0 radical (unpaired) electrons. The summed E-state index contributed by atoms with van der Waals surface area (Å²) in [6.07, 6.45) is 1.15. The summed E-state index contributed by atoms with van der Waals surface area (Å²) in [5.41, 5.74) is 3.15. The van der Waals surface area contributed by atoms with E-state index in [2.05, 4.69) is 0 Å². The molecule has 2 aromatic rings. The summed E-state index contributed by atoms with van der Waals surface area (Å²) in [6, 6.07) is 11.6. The molecule has 0 N–H and O–H groups in total. The van der Waals surface area contributed by atoms with Crippen molar-refractivity contribution in [3.8, 4) is 0 Å². The van der Waals surface area contributed by atoms with Crippen LogP contribution < -0.4 is 0 Å². The maximum Gasteiger partial charge on any atom is 0.193 e. The lowest BCUT2D eigenvalue weighted by Crippen LogP contribution is -2.05. The molecule has 0 aliphatic heterocycles. The Bertz CT molecular complexity index is 757. The summed E-state index contributed by atoms with van der Waals surface area (Å²) >= 11 is 0. The van der Waals surface area contributed by atoms with Crippen molar-refractivity contribution in [1.29, 1.82) is 0 Å². The van der Waals surface area contributed by atoms with E-state index in [0.717, 1.165) is 17.4 Å². The number of hydrogen-bond donors (Lipinski definition) is 0. The van der Waals surface area contributed by atoms with Crippen LogP contribution in [0.2, 0.25) is 0 Å². The Morgan fingerprint density at radius 1 is 0.950 bits per heavy atom. The van der Waals surface area contributed by atoms with Crippen molar-refractivity contribution in [3.63, 3.8) is 0 Å². The van der Waals surface area contributed by atoms with E-state index >= 15 is 0 Å². The molecule has 0 fully saturated rings. The Balaban J connectivity index is 2.42. The number of ketones is 1. The molecular weight excluding hydrogens is 272 g/mol. The second-order valence-corrected chi connectivity index (χ2v) is 6.89. The lowest BCUT2D eigenvalue weighted by atomic mass is 9.96. The first-order valence-electron chi connectivity index (χ1n) is 6.22. The first kappa shape index (κ1) is 14.5. The van der Waals surface area contributed by atoms with Crippen molar-refractivity contribution in [2.45, 2.75) is 18.7 Å². The van der Waals surface area contributed by atoms with Crippen molar-refractivity contribution in [3.05, 3.63) is 64.7 Å². The highest BCUT2D eigenvalue weighted by Crippen LogP contribution is 2.18. The third-order valence-corrected chi connectivity index (χ3v) is 4.52. The number of sulfone groups is 1. The second kappa shape index (κ2) is 5.21. The van der Waals surface area contributed by atoms with Crippen molar-refractivity contribution in [2.75, 3.05) is 6.26 Å². The standard InChI is InChI=1S/C16H16O3S/c1-11-5-4-6-15(12(11)2)16(17)13-7-9-14(10-8-13)20(3,18)19/h4-10H,1-3H3. The van der Waals surface area contributed by atoms with E-state index in [4.69, 9.17) is 0 Å². The van der Waals surface area contributed by atoms with Crippen LogP contribution in [0.3, 0.4) is 0 Å². The number of aryl methyl sites for hydroxylation is 1. The fourth-order valence-corrected chi connectivity index (χ4v) is 2.64. The van der Waals surface area contributed by atoms with Gasteiger partial charge in [0, 0.05) is 17.4 Å². The van der Waals surface area contributed by atoms with E-state index in [1.807, 2.05) is 26.0 Å². The number of benzene rings is 2. The molecule has 0 saturated heterocycles.